The maximum absolute atomic E-state index is 12.4. The van der Waals surface area contributed by atoms with E-state index in [-0.39, 0.29) is 24.5 Å². The van der Waals surface area contributed by atoms with Gasteiger partial charge in [0.1, 0.15) is 12.4 Å². The van der Waals surface area contributed by atoms with Crippen LogP contribution in [0.25, 0.3) is 0 Å². The Kier molecular flexibility index (Phi) is 8.73. The van der Waals surface area contributed by atoms with Crippen LogP contribution in [0.4, 0.5) is 17.1 Å². The van der Waals surface area contributed by atoms with E-state index in [1.807, 2.05) is 54.6 Å². The fourth-order valence-electron chi connectivity index (χ4n) is 3.84. The summed E-state index contributed by atoms with van der Waals surface area (Å²) in [6.45, 7) is 1.38. The van der Waals surface area contributed by atoms with E-state index < -0.39 is 0 Å². The number of hydrogen-bond donors (Lipinski definition) is 3. The fourth-order valence-corrected chi connectivity index (χ4v) is 3.84. The summed E-state index contributed by atoms with van der Waals surface area (Å²) in [6, 6.07) is 24.6. The van der Waals surface area contributed by atoms with Crippen molar-refractivity contribution in [3.05, 3.63) is 84.4 Å². The number of benzene rings is 3. The first kappa shape index (κ1) is 24.3. The second kappa shape index (κ2) is 12.6. The molecule has 0 spiro atoms. The van der Waals surface area contributed by atoms with Crippen LogP contribution in [0.5, 0.6) is 5.75 Å². The highest BCUT2D eigenvalue weighted by molar-refractivity contribution is 5.95. The molecular formula is C28H31N3O4. The number of ether oxygens (including phenoxy) is 2. The van der Waals surface area contributed by atoms with Gasteiger partial charge in [-0.1, -0.05) is 42.5 Å². The fraction of sp³-hybridized carbons (Fsp3) is 0.286. The molecule has 0 aromatic heterocycles. The van der Waals surface area contributed by atoms with Crippen molar-refractivity contribution in [2.24, 2.45) is 0 Å². The van der Waals surface area contributed by atoms with Crippen LogP contribution in [0.2, 0.25) is 0 Å². The van der Waals surface area contributed by atoms with Gasteiger partial charge in [0.15, 0.2) is 0 Å². The molecule has 1 aliphatic rings. The number of anilines is 3. The van der Waals surface area contributed by atoms with Gasteiger partial charge in [-0.3, -0.25) is 9.59 Å². The van der Waals surface area contributed by atoms with Crippen LogP contribution >= 0.6 is 0 Å². The average molecular weight is 474 g/mol. The summed E-state index contributed by atoms with van der Waals surface area (Å²) in [5.41, 5.74) is 3.24. The van der Waals surface area contributed by atoms with Crippen LogP contribution < -0.4 is 20.7 Å². The highest BCUT2D eigenvalue weighted by Crippen LogP contribution is 2.25. The van der Waals surface area contributed by atoms with Gasteiger partial charge in [0.05, 0.1) is 18.3 Å². The average Bonchev–Trinajstić information content (AvgIpc) is 3.41. The maximum Gasteiger partial charge on any atom is 0.243 e. The number of hydrogen-bond acceptors (Lipinski definition) is 5. The Morgan fingerprint density at radius 2 is 1.54 bits per heavy atom. The molecule has 1 unspecified atom stereocenters. The first-order valence-corrected chi connectivity index (χ1v) is 12.0. The summed E-state index contributed by atoms with van der Waals surface area (Å²) < 4.78 is 11.5. The Morgan fingerprint density at radius 1 is 0.857 bits per heavy atom. The number of nitrogens with one attached hydrogen (secondary N) is 3. The lowest BCUT2D eigenvalue weighted by Crippen LogP contribution is -2.22. The molecule has 0 radical (unpaired) electrons. The minimum Gasteiger partial charge on any atom is -0.489 e. The molecule has 3 N–H and O–H groups in total. The van der Waals surface area contributed by atoms with Gasteiger partial charge in [-0.05, 0) is 61.2 Å². The normalized spacial score (nSPS) is 14.8. The molecule has 35 heavy (non-hydrogen) atoms. The van der Waals surface area contributed by atoms with Crippen LogP contribution in [0.15, 0.2) is 78.9 Å². The van der Waals surface area contributed by atoms with Gasteiger partial charge in [-0.2, -0.15) is 0 Å². The molecule has 1 atom stereocenters. The Bertz CT molecular complexity index is 1100. The summed E-state index contributed by atoms with van der Waals surface area (Å²) in [5.74, 6) is 0.469. The molecule has 0 bridgehead atoms. The monoisotopic (exact) mass is 473 g/mol. The van der Waals surface area contributed by atoms with Gasteiger partial charge in [0, 0.05) is 24.4 Å². The van der Waals surface area contributed by atoms with Gasteiger partial charge in [-0.15, -0.1) is 0 Å². The predicted molar refractivity (Wildman–Crippen MR) is 138 cm³/mol. The van der Waals surface area contributed by atoms with Gasteiger partial charge < -0.3 is 25.4 Å². The SMILES string of the molecule is O=C(CCc1ccccc1)Nc1ccc(NC(=O)CNc2ccccc2OCC2CCCO2)cc1. The second-order valence-electron chi connectivity index (χ2n) is 8.46. The lowest BCUT2D eigenvalue weighted by Gasteiger charge is -2.15. The van der Waals surface area contributed by atoms with Crippen molar-refractivity contribution in [2.45, 2.75) is 31.8 Å². The number of aryl methyl sites for hydroxylation is 1. The smallest absolute Gasteiger partial charge is 0.243 e. The van der Waals surface area contributed by atoms with Crippen LogP contribution in [0.1, 0.15) is 24.8 Å². The molecule has 1 fully saturated rings. The zero-order valence-electron chi connectivity index (χ0n) is 19.7. The van der Waals surface area contributed by atoms with Crippen molar-refractivity contribution in [2.75, 3.05) is 35.7 Å². The van der Waals surface area contributed by atoms with Crippen LogP contribution in [0.3, 0.4) is 0 Å². The van der Waals surface area contributed by atoms with Gasteiger partial charge >= 0.3 is 0 Å². The highest BCUT2D eigenvalue weighted by Gasteiger charge is 2.17. The van der Waals surface area contributed by atoms with Crippen molar-refractivity contribution in [1.82, 2.24) is 0 Å². The largest absolute Gasteiger partial charge is 0.489 e. The van der Waals surface area contributed by atoms with Crippen molar-refractivity contribution < 1.29 is 19.1 Å². The molecule has 7 heteroatoms. The molecule has 1 heterocycles. The lowest BCUT2D eigenvalue weighted by atomic mass is 10.1. The van der Waals surface area contributed by atoms with Gasteiger partial charge in [0.25, 0.3) is 0 Å². The van der Waals surface area contributed by atoms with Gasteiger partial charge in [-0.25, -0.2) is 0 Å². The number of rotatable bonds is 11. The van der Waals surface area contributed by atoms with Gasteiger partial charge in [0.2, 0.25) is 11.8 Å². The third-order valence-electron chi connectivity index (χ3n) is 5.71. The molecule has 7 nitrogen and oxygen atoms in total. The Hall–Kier alpha value is -3.84. The zero-order valence-corrected chi connectivity index (χ0v) is 19.7. The topological polar surface area (TPSA) is 88.7 Å². The van der Waals surface area contributed by atoms with E-state index >= 15 is 0 Å². The molecule has 0 saturated carbocycles. The molecular weight excluding hydrogens is 442 g/mol. The highest BCUT2D eigenvalue weighted by atomic mass is 16.5. The van der Waals surface area contributed by atoms with E-state index in [4.69, 9.17) is 9.47 Å². The molecule has 4 rings (SSSR count). The Balaban J connectivity index is 1.20. The van der Waals surface area contributed by atoms with Crippen molar-refractivity contribution >= 4 is 28.9 Å². The predicted octanol–water partition coefficient (Wildman–Crippen LogP) is 4.87. The molecule has 0 aliphatic carbocycles. The van der Waals surface area contributed by atoms with Crippen molar-refractivity contribution in [1.29, 1.82) is 0 Å². The lowest BCUT2D eigenvalue weighted by molar-refractivity contribution is -0.116. The maximum atomic E-state index is 12.4. The summed E-state index contributed by atoms with van der Waals surface area (Å²) in [6.07, 6.45) is 3.30. The minimum atomic E-state index is -0.182. The van der Waals surface area contributed by atoms with Crippen molar-refractivity contribution in [3.8, 4) is 5.75 Å². The van der Waals surface area contributed by atoms with E-state index in [0.29, 0.717) is 36.6 Å². The van der Waals surface area contributed by atoms with Crippen LogP contribution in [-0.2, 0) is 20.7 Å². The Labute approximate surface area is 205 Å². The third kappa shape index (κ3) is 7.86. The quantitative estimate of drug-likeness (QED) is 0.370. The number of carbonyl (C=O) groups excluding carboxylic acids is 2. The van der Waals surface area contributed by atoms with Crippen LogP contribution in [0, 0.1) is 0 Å². The van der Waals surface area contributed by atoms with Crippen molar-refractivity contribution in [3.63, 3.8) is 0 Å². The second-order valence-corrected chi connectivity index (χ2v) is 8.46. The third-order valence-corrected chi connectivity index (χ3v) is 5.71. The van der Waals surface area contributed by atoms with E-state index in [1.54, 1.807) is 24.3 Å². The van der Waals surface area contributed by atoms with E-state index in [0.717, 1.165) is 30.7 Å². The van der Waals surface area contributed by atoms with E-state index in [9.17, 15) is 9.59 Å². The standard InChI is InChI=1S/C28H31N3O4/c32-27(17-12-21-7-2-1-3-8-21)30-22-13-15-23(16-14-22)31-28(33)19-29-25-10-4-5-11-26(25)35-20-24-9-6-18-34-24/h1-5,7-8,10-11,13-16,24,29H,6,9,12,17-20H2,(H,30,32)(H,31,33). The molecule has 2 amide bonds. The molecule has 1 saturated heterocycles. The van der Waals surface area contributed by atoms with E-state index in [2.05, 4.69) is 16.0 Å². The number of carbonyl (C=O) groups is 2. The summed E-state index contributed by atoms with van der Waals surface area (Å²) in [5, 5.41) is 8.89. The molecule has 3 aromatic carbocycles. The molecule has 3 aromatic rings. The summed E-state index contributed by atoms with van der Waals surface area (Å²) in [4.78, 5) is 24.7. The zero-order chi connectivity index (χ0) is 24.3. The minimum absolute atomic E-state index is 0.0461. The summed E-state index contributed by atoms with van der Waals surface area (Å²) in [7, 11) is 0. The molecule has 1 aliphatic heterocycles. The number of para-hydroxylation sites is 2. The number of amides is 2. The molecule has 182 valence electrons. The first-order valence-electron chi connectivity index (χ1n) is 12.0. The Morgan fingerprint density at radius 3 is 2.26 bits per heavy atom. The summed E-state index contributed by atoms with van der Waals surface area (Å²) >= 11 is 0. The van der Waals surface area contributed by atoms with E-state index in [1.165, 1.54) is 0 Å². The first-order chi connectivity index (χ1) is 17.2. The van der Waals surface area contributed by atoms with Crippen LogP contribution in [-0.4, -0.2) is 37.7 Å².